The van der Waals surface area contributed by atoms with Crippen molar-refractivity contribution in [3.05, 3.63) is 46.2 Å². The summed E-state index contributed by atoms with van der Waals surface area (Å²) < 4.78 is 0. The average Bonchev–Trinajstić information content (AvgIpc) is 3.00. The van der Waals surface area contributed by atoms with Crippen LogP contribution in [0.2, 0.25) is 0 Å². The number of hydrazine groups is 1. The van der Waals surface area contributed by atoms with Crippen LogP contribution >= 0.6 is 23.1 Å². The van der Waals surface area contributed by atoms with Gasteiger partial charge in [0.15, 0.2) is 0 Å². The van der Waals surface area contributed by atoms with Gasteiger partial charge in [0.2, 0.25) is 5.91 Å². The van der Waals surface area contributed by atoms with E-state index in [4.69, 9.17) is 5.73 Å². The van der Waals surface area contributed by atoms with Gasteiger partial charge in [-0.15, -0.1) is 23.1 Å². The molecule has 1 aromatic carbocycles. The van der Waals surface area contributed by atoms with Crippen molar-refractivity contribution in [2.45, 2.75) is 11.8 Å². The summed E-state index contributed by atoms with van der Waals surface area (Å²) in [5.74, 6) is -0.361. The van der Waals surface area contributed by atoms with Gasteiger partial charge in [-0.2, -0.15) is 0 Å². The smallest absolute Gasteiger partial charge is 0.279 e. The van der Waals surface area contributed by atoms with Crippen LogP contribution in [0.3, 0.4) is 0 Å². The third kappa shape index (κ3) is 4.51. The molecule has 0 fully saturated rings. The van der Waals surface area contributed by atoms with Gasteiger partial charge in [0, 0.05) is 10.6 Å². The van der Waals surface area contributed by atoms with Gasteiger partial charge in [-0.1, -0.05) is 6.07 Å². The first kappa shape index (κ1) is 15.4. The van der Waals surface area contributed by atoms with Gasteiger partial charge in [0.1, 0.15) is 0 Å². The molecule has 7 heteroatoms. The first-order valence-electron chi connectivity index (χ1n) is 6.18. The summed E-state index contributed by atoms with van der Waals surface area (Å²) in [5, 5.41) is 1.80. The van der Waals surface area contributed by atoms with E-state index in [-0.39, 0.29) is 17.6 Å². The molecule has 0 saturated heterocycles. The molecule has 1 heterocycles. The van der Waals surface area contributed by atoms with E-state index in [2.05, 4.69) is 10.9 Å². The zero-order valence-electron chi connectivity index (χ0n) is 11.4. The number of thiophene rings is 1. The van der Waals surface area contributed by atoms with Gasteiger partial charge in [-0.25, -0.2) is 0 Å². The number of amides is 2. The molecular weight excluding hydrogens is 306 g/mol. The number of carbonyl (C=O) groups is 2. The molecule has 0 aliphatic rings. The molecule has 0 unspecified atom stereocenters. The van der Waals surface area contributed by atoms with Gasteiger partial charge in [0.25, 0.3) is 5.91 Å². The van der Waals surface area contributed by atoms with Crippen LogP contribution in [0.25, 0.3) is 0 Å². The molecule has 0 bridgehead atoms. The van der Waals surface area contributed by atoms with Crippen LogP contribution in [0.1, 0.15) is 15.2 Å². The first-order valence-corrected chi connectivity index (χ1v) is 8.04. The van der Waals surface area contributed by atoms with Crippen LogP contribution in [0.4, 0.5) is 5.69 Å². The van der Waals surface area contributed by atoms with Crippen molar-refractivity contribution in [2.24, 2.45) is 0 Å². The molecule has 0 spiro atoms. The normalized spacial score (nSPS) is 10.1. The van der Waals surface area contributed by atoms with E-state index >= 15 is 0 Å². The van der Waals surface area contributed by atoms with Crippen LogP contribution < -0.4 is 16.6 Å². The third-order valence-electron chi connectivity index (χ3n) is 2.67. The fraction of sp³-hybridized carbons (Fsp3) is 0.143. The lowest BCUT2D eigenvalue weighted by atomic mass is 10.2. The molecule has 0 atom stereocenters. The lowest BCUT2D eigenvalue weighted by Gasteiger charge is -2.07. The molecule has 1 aromatic heterocycles. The zero-order valence-corrected chi connectivity index (χ0v) is 13.0. The molecule has 2 aromatic rings. The van der Waals surface area contributed by atoms with E-state index in [1.54, 1.807) is 17.5 Å². The van der Waals surface area contributed by atoms with Crippen molar-refractivity contribution in [3.63, 3.8) is 0 Å². The molecule has 4 N–H and O–H groups in total. The molecule has 0 aliphatic heterocycles. The Balaban J connectivity index is 1.77. The number of hydrogen-bond donors (Lipinski definition) is 3. The Hall–Kier alpha value is -1.99. The van der Waals surface area contributed by atoms with Crippen molar-refractivity contribution in [3.8, 4) is 0 Å². The second kappa shape index (κ2) is 7.14. The Morgan fingerprint density at radius 3 is 2.76 bits per heavy atom. The number of thioether (sulfide) groups is 1. The molecule has 2 amide bonds. The van der Waals surface area contributed by atoms with Crippen LogP contribution in [0.15, 0.2) is 40.6 Å². The minimum atomic E-state index is -0.313. The minimum absolute atomic E-state index is 0.216. The summed E-state index contributed by atoms with van der Waals surface area (Å²) in [7, 11) is 0. The SMILES string of the molecule is Cc1cc(SCC(=O)NNC(=O)c2cccs2)ccc1N. The van der Waals surface area contributed by atoms with Gasteiger partial charge in [-0.3, -0.25) is 20.4 Å². The number of anilines is 1. The maximum atomic E-state index is 11.7. The highest BCUT2D eigenvalue weighted by Crippen LogP contribution is 2.22. The van der Waals surface area contributed by atoms with Crippen molar-refractivity contribution >= 4 is 40.6 Å². The number of rotatable bonds is 4. The molecule has 2 rings (SSSR count). The van der Waals surface area contributed by atoms with Crippen LogP contribution in [0.5, 0.6) is 0 Å². The number of nitrogens with one attached hydrogen (secondary N) is 2. The Morgan fingerprint density at radius 1 is 1.29 bits per heavy atom. The highest BCUT2D eigenvalue weighted by molar-refractivity contribution is 8.00. The van der Waals surface area contributed by atoms with Gasteiger partial charge in [-0.05, 0) is 42.1 Å². The predicted molar refractivity (Wildman–Crippen MR) is 86.2 cm³/mol. The summed E-state index contributed by atoms with van der Waals surface area (Å²) in [5.41, 5.74) is 12.2. The Labute approximate surface area is 130 Å². The Morgan fingerprint density at radius 2 is 2.10 bits per heavy atom. The molecule has 21 heavy (non-hydrogen) atoms. The maximum absolute atomic E-state index is 11.7. The van der Waals surface area contributed by atoms with Crippen molar-refractivity contribution in [1.82, 2.24) is 10.9 Å². The number of aryl methyl sites for hydroxylation is 1. The summed E-state index contributed by atoms with van der Waals surface area (Å²) in [6, 6.07) is 9.08. The fourth-order valence-electron chi connectivity index (χ4n) is 1.52. The molecule has 0 saturated carbocycles. The number of nitrogen functional groups attached to an aromatic ring is 1. The lowest BCUT2D eigenvalue weighted by Crippen LogP contribution is -2.42. The quantitative estimate of drug-likeness (QED) is 0.458. The van der Waals surface area contributed by atoms with Crippen molar-refractivity contribution < 1.29 is 9.59 Å². The summed E-state index contributed by atoms with van der Waals surface area (Å²) in [4.78, 5) is 24.8. The van der Waals surface area contributed by atoms with Crippen LogP contribution in [-0.2, 0) is 4.79 Å². The number of hydrogen-bond acceptors (Lipinski definition) is 5. The van der Waals surface area contributed by atoms with E-state index in [9.17, 15) is 9.59 Å². The van der Waals surface area contributed by atoms with E-state index in [0.29, 0.717) is 4.88 Å². The third-order valence-corrected chi connectivity index (χ3v) is 4.53. The topological polar surface area (TPSA) is 84.2 Å². The predicted octanol–water partition coefficient (Wildman–Crippen LogP) is 2.19. The van der Waals surface area contributed by atoms with Gasteiger partial charge >= 0.3 is 0 Å². The highest BCUT2D eigenvalue weighted by atomic mass is 32.2. The number of carbonyl (C=O) groups excluding carboxylic acids is 2. The van der Waals surface area contributed by atoms with E-state index in [1.807, 2.05) is 25.1 Å². The van der Waals surface area contributed by atoms with Crippen LogP contribution in [-0.4, -0.2) is 17.6 Å². The first-order chi connectivity index (χ1) is 10.1. The summed E-state index contributed by atoms with van der Waals surface area (Å²) in [6.07, 6.45) is 0. The van der Waals surface area contributed by atoms with Crippen LogP contribution in [0, 0.1) is 6.92 Å². The molecule has 0 radical (unpaired) electrons. The molecule has 5 nitrogen and oxygen atoms in total. The highest BCUT2D eigenvalue weighted by Gasteiger charge is 2.08. The summed E-state index contributed by atoms with van der Waals surface area (Å²) in [6.45, 7) is 1.92. The zero-order chi connectivity index (χ0) is 15.2. The average molecular weight is 321 g/mol. The fourth-order valence-corrected chi connectivity index (χ4v) is 2.93. The van der Waals surface area contributed by atoms with E-state index in [1.165, 1.54) is 23.1 Å². The van der Waals surface area contributed by atoms with Gasteiger partial charge < -0.3 is 5.73 Å². The Bertz CT molecular complexity index is 642. The summed E-state index contributed by atoms with van der Waals surface area (Å²) >= 11 is 2.70. The second-order valence-corrected chi connectivity index (χ2v) is 6.28. The number of benzene rings is 1. The minimum Gasteiger partial charge on any atom is -0.399 e. The molecular formula is C14H15N3O2S2. The van der Waals surface area contributed by atoms with Gasteiger partial charge in [0.05, 0.1) is 10.6 Å². The van der Waals surface area contributed by atoms with Crippen molar-refractivity contribution in [2.75, 3.05) is 11.5 Å². The largest absolute Gasteiger partial charge is 0.399 e. The maximum Gasteiger partial charge on any atom is 0.279 e. The second-order valence-electron chi connectivity index (χ2n) is 4.29. The number of nitrogens with two attached hydrogens (primary N) is 1. The lowest BCUT2D eigenvalue weighted by molar-refractivity contribution is -0.119. The van der Waals surface area contributed by atoms with E-state index < -0.39 is 0 Å². The van der Waals surface area contributed by atoms with Crippen molar-refractivity contribution in [1.29, 1.82) is 0 Å². The monoisotopic (exact) mass is 321 g/mol. The standard InChI is InChI=1S/C14H15N3O2S2/c1-9-7-10(4-5-11(9)15)21-8-13(18)16-17-14(19)12-3-2-6-20-12/h2-7H,8,15H2,1H3,(H,16,18)(H,17,19). The molecule has 0 aliphatic carbocycles. The Kier molecular flexibility index (Phi) is 5.24. The van der Waals surface area contributed by atoms with E-state index in [0.717, 1.165) is 16.1 Å². The molecule has 110 valence electrons.